The van der Waals surface area contributed by atoms with Gasteiger partial charge in [-0.25, -0.2) is 13.1 Å². The lowest BCUT2D eigenvalue weighted by atomic mass is 10.8. The van der Waals surface area contributed by atoms with Gasteiger partial charge in [-0.3, -0.25) is 0 Å². The Labute approximate surface area is 74.7 Å². The molecule has 3 nitrogen and oxygen atoms in total. The Hall–Kier alpha value is 0.780. The molecule has 1 N–H and O–H groups in total. The average molecular weight is 227 g/mol. The van der Waals surface area contributed by atoms with E-state index < -0.39 is 13.8 Å². The molecule has 0 aliphatic carbocycles. The van der Waals surface area contributed by atoms with Crippen LogP contribution in [0.15, 0.2) is 0 Å². The predicted molar refractivity (Wildman–Crippen MR) is 43.1 cm³/mol. The average Bonchev–Trinajstić information content (AvgIpc) is 1.57. The van der Waals surface area contributed by atoms with Crippen molar-refractivity contribution in [1.29, 1.82) is 0 Å². The van der Waals surface area contributed by atoms with Crippen LogP contribution in [0.25, 0.3) is 0 Å². The minimum atomic E-state index is -3.26. The minimum absolute atomic E-state index is 0.212. The van der Waals surface area contributed by atoms with Gasteiger partial charge in [-0.2, -0.15) is 0 Å². The highest BCUT2D eigenvalue weighted by molar-refractivity contribution is 7.88. The molecule has 0 atom stereocenters. The molecule has 0 aliphatic heterocycles. The number of alkyl halides is 3. The lowest BCUT2D eigenvalue weighted by Gasteiger charge is -2.09. The topological polar surface area (TPSA) is 46.2 Å². The molecule has 0 fully saturated rings. The molecule has 0 saturated carbocycles. The maximum absolute atomic E-state index is 10.4. The van der Waals surface area contributed by atoms with Crippen LogP contribution in [-0.2, 0) is 10.0 Å². The van der Waals surface area contributed by atoms with Gasteiger partial charge in [-0.05, 0) is 0 Å². The first kappa shape index (κ1) is 10.8. The second-order valence-electron chi connectivity index (χ2n) is 1.71. The SMILES string of the molecule is CS(=O)(=O)NCC(Cl)(Cl)Cl. The van der Waals surface area contributed by atoms with Crippen molar-refractivity contribution in [2.45, 2.75) is 3.79 Å². The van der Waals surface area contributed by atoms with Crippen LogP contribution in [0.5, 0.6) is 0 Å². The first-order valence-corrected chi connectivity index (χ1v) is 5.25. The van der Waals surface area contributed by atoms with Crippen molar-refractivity contribution in [3.63, 3.8) is 0 Å². The van der Waals surface area contributed by atoms with Gasteiger partial charge in [0.1, 0.15) is 0 Å². The van der Waals surface area contributed by atoms with E-state index in [1.54, 1.807) is 0 Å². The van der Waals surface area contributed by atoms with Gasteiger partial charge in [-0.1, -0.05) is 34.8 Å². The molecule has 0 aromatic heterocycles. The fraction of sp³-hybridized carbons (Fsp3) is 1.00. The molecule has 10 heavy (non-hydrogen) atoms. The van der Waals surface area contributed by atoms with Gasteiger partial charge in [0.15, 0.2) is 0 Å². The molecule has 0 amide bonds. The number of hydrogen-bond donors (Lipinski definition) is 1. The third-order valence-electron chi connectivity index (χ3n) is 0.535. The highest BCUT2D eigenvalue weighted by atomic mass is 35.6. The van der Waals surface area contributed by atoms with Crippen molar-refractivity contribution in [2.75, 3.05) is 12.8 Å². The normalized spacial score (nSPS) is 13.6. The lowest BCUT2D eigenvalue weighted by molar-refractivity contribution is 0.588. The predicted octanol–water partition coefficient (Wildman–Crippen LogP) is 0.906. The lowest BCUT2D eigenvalue weighted by Crippen LogP contribution is -2.30. The number of sulfonamides is 1. The van der Waals surface area contributed by atoms with Crippen LogP contribution in [0.1, 0.15) is 0 Å². The maximum Gasteiger partial charge on any atom is 0.208 e. The summed E-state index contributed by atoms with van der Waals surface area (Å²) in [5, 5.41) is 0. The molecule has 0 aliphatic rings. The summed E-state index contributed by atoms with van der Waals surface area (Å²) < 4.78 is 21.3. The summed E-state index contributed by atoms with van der Waals surface area (Å²) in [4.78, 5) is 0. The van der Waals surface area contributed by atoms with E-state index in [1.807, 2.05) is 4.72 Å². The number of nitrogens with one attached hydrogen (secondary N) is 1. The van der Waals surface area contributed by atoms with Crippen LogP contribution in [0.4, 0.5) is 0 Å². The molecule has 0 saturated heterocycles. The monoisotopic (exact) mass is 225 g/mol. The van der Waals surface area contributed by atoms with Gasteiger partial charge >= 0.3 is 0 Å². The fourth-order valence-electron chi connectivity index (χ4n) is 0.213. The smallest absolute Gasteiger partial charge is 0.208 e. The number of hydrogen-bond acceptors (Lipinski definition) is 2. The summed E-state index contributed by atoms with van der Waals surface area (Å²) in [5.41, 5.74) is 0. The van der Waals surface area contributed by atoms with Gasteiger partial charge in [0.05, 0.1) is 12.8 Å². The second-order valence-corrected chi connectivity index (χ2v) is 6.06. The zero-order chi connectivity index (χ0) is 8.41. The Morgan fingerprint density at radius 1 is 1.40 bits per heavy atom. The largest absolute Gasteiger partial charge is 0.213 e. The Morgan fingerprint density at radius 2 is 1.80 bits per heavy atom. The zero-order valence-corrected chi connectivity index (χ0v) is 8.15. The number of rotatable bonds is 2. The van der Waals surface area contributed by atoms with Crippen LogP contribution in [0, 0.1) is 0 Å². The summed E-state index contributed by atoms with van der Waals surface area (Å²) in [6, 6.07) is 0. The Balaban J connectivity index is 3.79. The molecule has 62 valence electrons. The Kier molecular flexibility index (Phi) is 3.72. The third-order valence-corrected chi connectivity index (χ3v) is 1.60. The van der Waals surface area contributed by atoms with E-state index in [4.69, 9.17) is 34.8 Å². The van der Waals surface area contributed by atoms with Gasteiger partial charge < -0.3 is 0 Å². The van der Waals surface area contributed by atoms with Gasteiger partial charge in [0.25, 0.3) is 0 Å². The quantitative estimate of drug-likeness (QED) is 0.712. The van der Waals surface area contributed by atoms with Crippen molar-refractivity contribution in [2.24, 2.45) is 0 Å². The van der Waals surface area contributed by atoms with Crippen molar-refractivity contribution in [3.8, 4) is 0 Å². The molecule has 0 aromatic carbocycles. The van der Waals surface area contributed by atoms with Gasteiger partial charge in [0, 0.05) is 0 Å². The third kappa shape index (κ3) is 8.78. The molecular weight excluding hydrogens is 220 g/mol. The van der Waals surface area contributed by atoms with Crippen LogP contribution in [0.3, 0.4) is 0 Å². The highest BCUT2D eigenvalue weighted by Gasteiger charge is 2.20. The first-order chi connectivity index (χ1) is 4.21. The van der Waals surface area contributed by atoms with E-state index in [0.717, 1.165) is 6.26 Å². The fourth-order valence-corrected chi connectivity index (χ4v) is 1.13. The van der Waals surface area contributed by atoms with E-state index in [-0.39, 0.29) is 6.54 Å². The van der Waals surface area contributed by atoms with Crippen molar-refractivity contribution < 1.29 is 8.42 Å². The van der Waals surface area contributed by atoms with E-state index in [2.05, 4.69) is 0 Å². The standard InChI is InChI=1S/C3H6Cl3NO2S/c1-10(8,9)7-2-3(4,5)6/h7H,2H2,1H3. The molecular formula is C3H6Cl3NO2S. The van der Waals surface area contributed by atoms with Gasteiger partial charge in [-0.15, -0.1) is 0 Å². The molecule has 7 heteroatoms. The molecule has 0 rings (SSSR count). The minimum Gasteiger partial charge on any atom is -0.213 e. The molecule has 0 unspecified atom stereocenters. The van der Waals surface area contributed by atoms with E-state index in [9.17, 15) is 8.42 Å². The Bertz CT molecular complexity index is 194. The molecule has 0 heterocycles. The molecule has 0 radical (unpaired) electrons. The van der Waals surface area contributed by atoms with E-state index >= 15 is 0 Å². The zero-order valence-electron chi connectivity index (χ0n) is 5.07. The van der Waals surface area contributed by atoms with Gasteiger partial charge in [0.2, 0.25) is 13.8 Å². The van der Waals surface area contributed by atoms with Crippen molar-refractivity contribution >= 4 is 44.8 Å². The van der Waals surface area contributed by atoms with Crippen LogP contribution >= 0.6 is 34.8 Å². The summed E-state index contributed by atoms with van der Waals surface area (Å²) in [5.74, 6) is 0. The molecule has 0 spiro atoms. The van der Waals surface area contributed by atoms with Crippen LogP contribution in [-0.4, -0.2) is 25.0 Å². The summed E-state index contributed by atoms with van der Waals surface area (Å²) in [7, 11) is -3.26. The highest BCUT2D eigenvalue weighted by Crippen LogP contribution is 2.24. The maximum atomic E-state index is 10.4. The van der Waals surface area contributed by atoms with Crippen LogP contribution in [0.2, 0.25) is 0 Å². The summed E-state index contributed by atoms with van der Waals surface area (Å²) >= 11 is 15.7. The molecule has 0 aromatic rings. The first-order valence-electron chi connectivity index (χ1n) is 2.22. The Morgan fingerprint density at radius 3 is 1.90 bits per heavy atom. The van der Waals surface area contributed by atoms with E-state index in [0.29, 0.717) is 0 Å². The van der Waals surface area contributed by atoms with E-state index in [1.165, 1.54) is 0 Å². The van der Waals surface area contributed by atoms with Crippen molar-refractivity contribution in [1.82, 2.24) is 4.72 Å². The number of halogens is 3. The van der Waals surface area contributed by atoms with Crippen LogP contribution < -0.4 is 4.72 Å². The summed E-state index contributed by atoms with van der Waals surface area (Å²) in [6.45, 7) is -0.212. The summed E-state index contributed by atoms with van der Waals surface area (Å²) in [6.07, 6.45) is 0.989. The molecule has 0 bridgehead atoms. The second kappa shape index (κ2) is 3.45. The van der Waals surface area contributed by atoms with Crippen molar-refractivity contribution in [3.05, 3.63) is 0 Å².